The third kappa shape index (κ3) is 11.0. The average Bonchev–Trinajstić information content (AvgIpc) is 2.72. The van der Waals surface area contributed by atoms with E-state index in [1.54, 1.807) is 13.8 Å². The fourth-order valence-corrected chi connectivity index (χ4v) is 2.70. The van der Waals surface area contributed by atoms with E-state index in [0.29, 0.717) is 19.4 Å². The maximum Gasteiger partial charge on any atom is 0.326 e. The van der Waals surface area contributed by atoms with Crippen LogP contribution in [0.15, 0.2) is 0 Å². The number of aliphatic hydroxyl groups is 1. The monoisotopic (exact) mass is 460 g/mol. The third-order valence-electron chi connectivity index (χ3n) is 4.66. The van der Waals surface area contributed by atoms with Gasteiger partial charge in [0.1, 0.15) is 18.1 Å². The van der Waals surface area contributed by atoms with Gasteiger partial charge in [-0.15, -0.1) is 0 Å². The van der Waals surface area contributed by atoms with Crippen molar-refractivity contribution in [3.63, 3.8) is 0 Å². The number of primary amides is 1. The van der Waals surface area contributed by atoms with Crippen LogP contribution in [0.5, 0.6) is 0 Å². The molecular weight excluding hydrogens is 424 g/mol. The van der Waals surface area contributed by atoms with Gasteiger partial charge in [0.2, 0.25) is 23.6 Å². The maximum atomic E-state index is 12.7. The summed E-state index contributed by atoms with van der Waals surface area (Å²) < 4.78 is 0. The zero-order valence-electron chi connectivity index (χ0n) is 18.5. The molecule has 13 nitrogen and oxygen atoms in total. The molecule has 0 rings (SSSR count). The number of amides is 4. The van der Waals surface area contributed by atoms with Crippen LogP contribution in [0.4, 0.5) is 0 Å². The van der Waals surface area contributed by atoms with Crippen molar-refractivity contribution in [2.45, 2.75) is 70.1 Å². The van der Waals surface area contributed by atoms with Gasteiger partial charge >= 0.3 is 5.97 Å². The number of hydrogen-bond donors (Lipinski definition) is 8. The second kappa shape index (κ2) is 15.1. The number of rotatable bonds is 16. The molecule has 13 heteroatoms. The molecule has 0 radical (unpaired) electrons. The highest BCUT2D eigenvalue weighted by Crippen LogP contribution is 2.05. The van der Waals surface area contributed by atoms with Crippen LogP contribution >= 0.6 is 0 Å². The first-order valence-electron chi connectivity index (χ1n) is 10.4. The molecule has 0 aromatic heterocycles. The van der Waals surface area contributed by atoms with Crippen molar-refractivity contribution in [1.82, 2.24) is 16.0 Å². The number of carboxylic acids is 1. The van der Waals surface area contributed by atoms with Gasteiger partial charge in [-0.2, -0.15) is 0 Å². The first-order valence-corrected chi connectivity index (χ1v) is 10.4. The van der Waals surface area contributed by atoms with E-state index in [1.165, 1.54) is 0 Å². The van der Waals surface area contributed by atoms with Crippen LogP contribution in [0.25, 0.3) is 0 Å². The number of unbranched alkanes of at least 4 members (excludes halogenated alkanes) is 1. The summed E-state index contributed by atoms with van der Waals surface area (Å²) in [6.45, 7) is 2.88. The van der Waals surface area contributed by atoms with E-state index in [1.807, 2.05) is 0 Å². The fraction of sp³-hybridized carbons (Fsp3) is 0.737. The van der Waals surface area contributed by atoms with E-state index in [2.05, 4.69) is 16.0 Å². The Kier molecular flexibility index (Phi) is 13.8. The molecule has 0 aromatic carbocycles. The van der Waals surface area contributed by atoms with Gasteiger partial charge < -0.3 is 43.4 Å². The molecule has 4 unspecified atom stereocenters. The first kappa shape index (κ1) is 29.2. The van der Waals surface area contributed by atoms with Crippen molar-refractivity contribution in [2.75, 3.05) is 13.2 Å². The summed E-state index contributed by atoms with van der Waals surface area (Å²) in [5.74, 6) is -4.61. The van der Waals surface area contributed by atoms with E-state index >= 15 is 0 Å². The zero-order valence-corrected chi connectivity index (χ0v) is 18.5. The summed E-state index contributed by atoms with van der Waals surface area (Å²) >= 11 is 0. The predicted molar refractivity (Wildman–Crippen MR) is 115 cm³/mol. The van der Waals surface area contributed by atoms with Crippen molar-refractivity contribution in [3.8, 4) is 0 Å². The van der Waals surface area contributed by atoms with E-state index in [-0.39, 0.29) is 19.3 Å². The minimum Gasteiger partial charge on any atom is -0.480 e. The number of aliphatic hydroxyl groups excluding tert-OH is 1. The van der Waals surface area contributed by atoms with Crippen LogP contribution in [-0.2, 0) is 24.0 Å². The Hall–Kier alpha value is -2.77. The van der Waals surface area contributed by atoms with Crippen LogP contribution in [0, 0.1) is 5.92 Å². The Labute approximate surface area is 186 Å². The van der Waals surface area contributed by atoms with E-state index in [9.17, 15) is 34.2 Å². The molecule has 0 saturated carbocycles. The van der Waals surface area contributed by atoms with Crippen molar-refractivity contribution in [3.05, 3.63) is 0 Å². The Bertz CT molecular complexity index is 658. The molecule has 184 valence electrons. The van der Waals surface area contributed by atoms with Gasteiger partial charge in [0.05, 0.1) is 12.6 Å². The number of carboxylic acid groups (broad SMARTS) is 1. The van der Waals surface area contributed by atoms with Crippen molar-refractivity contribution in [2.24, 2.45) is 23.1 Å². The molecule has 0 fully saturated rings. The SMILES string of the molecule is CC(C)C(NC(=O)C(N)CCC(N)=O)C(=O)NC(CO)C(=O)NC(CCCCN)C(=O)O. The van der Waals surface area contributed by atoms with E-state index in [0.717, 1.165) is 0 Å². The normalized spacial score (nSPS) is 14.7. The van der Waals surface area contributed by atoms with Gasteiger partial charge in [-0.05, 0) is 38.1 Å². The smallest absolute Gasteiger partial charge is 0.326 e. The average molecular weight is 461 g/mol. The molecule has 4 amide bonds. The summed E-state index contributed by atoms with van der Waals surface area (Å²) in [7, 11) is 0. The molecule has 32 heavy (non-hydrogen) atoms. The molecule has 11 N–H and O–H groups in total. The van der Waals surface area contributed by atoms with Gasteiger partial charge in [0.15, 0.2) is 0 Å². The van der Waals surface area contributed by atoms with Crippen LogP contribution in [0.1, 0.15) is 46.0 Å². The molecule has 4 atom stereocenters. The third-order valence-corrected chi connectivity index (χ3v) is 4.66. The largest absolute Gasteiger partial charge is 0.480 e. The van der Waals surface area contributed by atoms with Crippen LogP contribution in [0.2, 0.25) is 0 Å². The highest BCUT2D eigenvalue weighted by molar-refractivity contribution is 5.94. The topological polar surface area (TPSA) is 240 Å². The van der Waals surface area contributed by atoms with Crippen molar-refractivity contribution >= 4 is 29.6 Å². The molecule has 0 heterocycles. The number of nitrogens with one attached hydrogen (secondary N) is 3. The predicted octanol–water partition coefficient (Wildman–Crippen LogP) is -3.10. The van der Waals surface area contributed by atoms with Gasteiger partial charge in [0.25, 0.3) is 0 Å². The summed E-state index contributed by atoms with van der Waals surface area (Å²) in [4.78, 5) is 59.5. The summed E-state index contributed by atoms with van der Waals surface area (Å²) in [5.41, 5.74) is 16.1. The number of carbonyl (C=O) groups excluding carboxylic acids is 4. The lowest BCUT2D eigenvalue weighted by atomic mass is 10.0. The highest BCUT2D eigenvalue weighted by Gasteiger charge is 2.31. The number of aliphatic carboxylic acids is 1. The highest BCUT2D eigenvalue weighted by atomic mass is 16.4. The fourth-order valence-electron chi connectivity index (χ4n) is 2.70. The van der Waals surface area contributed by atoms with Gasteiger partial charge in [-0.25, -0.2) is 4.79 Å². The molecular formula is C19H36N6O7. The zero-order chi connectivity index (χ0) is 24.8. The van der Waals surface area contributed by atoms with Crippen LogP contribution in [0.3, 0.4) is 0 Å². The Balaban J connectivity index is 5.08. The quantitative estimate of drug-likeness (QED) is 0.109. The molecule has 0 aliphatic carbocycles. The maximum absolute atomic E-state index is 12.7. The second-order valence-corrected chi connectivity index (χ2v) is 7.77. The van der Waals surface area contributed by atoms with Gasteiger partial charge in [-0.3, -0.25) is 19.2 Å². The standard InChI is InChI=1S/C19H36N6O7/c1-10(2)15(25-16(28)11(21)6-7-14(22)27)18(30)24-13(9-26)17(29)23-12(19(31)32)5-3-4-8-20/h10-13,15,26H,3-9,20-21H2,1-2H3,(H2,22,27)(H,23,29)(H,24,30)(H,25,28)(H,31,32). The van der Waals surface area contributed by atoms with Gasteiger partial charge in [0, 0.05) is 6.42 Å². The molecule has 0 saturated heterocycles. The van der Waals surface area contributed by atoms with E-state index < -0.39 is 66.3 Å². The molecule has 0 aliphatic rings. The Morgan fingerprint density at radius 3 is 1.94 bits per heavy atom. The lowest BCUT2D eigenvalue weighted by molar-refractivity contribution is -0.143. The first-order chi connectivity index (χ1) is 14.9. The summed E-state index contributed by atoms with van der Waals surface area (Å²) in [5, 5.41) is 25.8. The molecule has 0 bridgehead atoms. The van der Waals surface area contributed by atoms with Crippen molar-refractivity contribution in [1.29, 1.82) is 0 Å². The second-order valence-electron chi connectivity index (χ2n) is 7.77. The van der Waals surface area contributed by atoms with E-state index in [4.69, 9.17) is 17.2 Å². The van der Waals surface area contributed by atoms with Gasteiger partial charge in [-0.1, -0.05) is 13.8 Å². The summed E-state index contributed by atoms with van der Waals surface area (Å²) in [6.07, 6.45) is 1.09. The Morgan fingerprint density at radius 2 is 1.47 bits per heavy atom. The number of nitrogens with two attached hydrogens (primary N) is 3. The number of carbonyl (C=O) groups is 5. The van der Waals surface area contributed by atoms with Crippen molar-refractivity contribution < 1.29 is 34.2 Å². The molecule has 0 aliphatic heterocycles. The minimum absolute atomic E-state index is 0.00396. The number of hydrogen-bond acceptors (Lipinski definition) is 8. The lowest BCUT2D eigenvalue weighted by Crippen LogP contribution is -2.59. The van der Waals surface area contributed by atoms with Crippen LogP contribution in [-0.4, -0.2) is 77.1 Å². The summed E-state index contributed by atoms with van der Waals surface area (Å²) in [6, 6.07) is -4.80. The molecule has 0 spiro atoms. The Morgan fingerprint density at radius 1 is 0.875 bits per heavy atom. The molecule has 0 aromatic rings. The minimum atomic E-state index is -1.43. The van der Waals surface area contributed by atoms with Crippen LogP contribution < -0.4 is 33.2 Å². The lowest BCUT2D eigenvalue weighted by Gasteiger charge is -2.26.